The van der Waals surface area contributed by atoms with Crippen LogP contribution in [0.2, 0.25) is 0 Å². The second-order valence-corrected chi connectivity index (χ2v) is 5.67. The molecule has 17 heavy (non-hydrogen) atoms. The molecule has 0 aromatic heterocycles. The summed E-state index contributed by atoms with van der Waals surface area (Å²) in [4.78, 5) is 12.6. The Morgan fingerprint density at radius 3 is 2.76 bits per heavy atom. The molecule has 94 valence electrons. The molecular weight excluding hydrogens is 300 g/mol. The van der Waals surface area contributed by atoms with E-state index in [0.29, 0.717) is 18.8 Å². The van der Waals surface area contributed by atoms with Gasteiger partial charge < -0.3 is 11.1 Å². The van der Waals surface area contributed by atoms with E-state index in [9.17, 15) is 4.79 Å². The van der Waals surface area contributed by atoms with Gasteiger partial charge in [-0.05, 0) is 37.1 Å². The van der Waals surface area contributed by atoms with Crippen molar-refractivity contribution in [1.82, 2.24) is 5.32 Å². The van der Waals surface area contributed by atoms with Crippen molar-refractivity contribution in [2.75, 3.05) is 18.8 Å². The Balaban J connectivity index is 2.57. The van der Waals surface area contributed by atoms with Crippen molar-refractivity contribution in [3.8, 4) is 0 Å². The van der Waals surface area contributed by atoms with Crippen LogP contribution >= 0.6 is 27.7 Å². The molecular formula is C12H17BrN2OS. The third-order valence-corrected chi connectivity index (χ3v) is 4.29. The normalized spacial score (nSPS) is 10.4. The lowest BCUT2D eigenvalue weighted by Crippen LogP contribution is -2.30. The average Bonchev–Trinajstić information content (AvgIpc) is 2.29. The summed E-state index contributed by atoms with van der Waals surface area (Å²) in [7, 11) is 0. The van der Waals surface area contributed by atoms with Crippen LogP contribution in [0, 0.1) is 13.8 Å². The number of aryl methyl sites for hydroxylation is 2. The topological polar surface area (TPSA) is 55.1 Å². The fourth-order valence-electron chi connectivity index (χ4n) is 1.32. The molecule has 0 fully saturated rings. The number of nitrogens with two attached hydrogens (primary N) is 1. The van der Waals surface area contributed by atoms with Gasteiger partial charge in [0.2, 0.25) is 5.91 Å². The third-order valence-electron chi connectivity index (χ3n) is 2.28. The van der Waals surface area contributed by atoms with E-state index in [4.69, 9.17) is 5.73 Å². The molecule has 0 saturated carbocycles. The fraction of sp³-hybridized carbons (Fsp3) is 0.417. The summed E-state index contributed by atoms with van der Waals surface area (Å²) >= 11 is 5.05. The summed E-state index contributed by atoms with van der Waals surface area (Å²) in [6, 6.07) is 4.18. The molecule has 0 atom stereocenters. The van der Waals surface area contributed by atoms with E-state index >= 15 is 0 Å². The smallest absolute Gasteiger partial charge is 0.230 e. The Morgan fingerprint density at radius 2 is 2.12 bits per heavy atom. The predicted octanol–water partition coefficient (Wildman–Crippen LogP) is 2.23. The van der Waals surface area contributed by atoms with Crippen LogP contribution in [0.5, 0.6) is 0 Å². The van der Waals surface area contributed by atoms with E-state index in [1.807, 2.05) is 13.8 Å². The maximum atomic E-state index is 11.4. The molecule has 0 spiro atoms. The Hall–Kier alpha value is -0.520. The number of thioether (sulfide) groups is 1. The first kappa shape index (κ1) is 14.5. The lowest BCUT2D eigenvalue weighted by molar-refractivity contribution is -0.118. The number of nitrogens with one attached hydrogen (secondary N) is 1. The van der Waals surface area contributed by atoms with Gasteiger partial charge in [-0.15, -0.1) is 11.8 Å². The summed E-state index contributed by atoms with van der Waals surface area (Å²) in [5.41, 5.74) is 7.68. The molecule has 0 aliphatic heterocycles. The summed E-state index contributed by atoms with van der Waals surface area (Å²) in [6.07, 6.45) is 0. The summed E-state index contributed by atoms with van der Waals surface area (Å²) < 4.78 is 1.10. The molecule has 3 nitrogen and oxygen atoms in total. The van der Waals surface area contributed by atoms with Gasteiger partial charge in [0.15, 0.2) is 0 Å². The quantitative estimate of drug-likeness (QED) is 0.819. The standard InChI is InChI=1S/C12H17BrN2OS/c1-8-6-11(9(2)5-10(8)13)17-7-12(16)15-4-3-14/h5-6H,3-4,7,14H2,1-2H3,(H,15,16). The fourth-order valence-corrected chi connectivity index (χ4v) is 2.71. The molecule has 3 N–H and O–H groups in total. The van der Waals surface area contributed by atoms with Crippen LogP contribution in [0.3, 0.4) is 0 Å². The number of carbonyl (C=O) groups excluding carboxylic acids is 1. The van der Waals surface area contributed by atoms with Gasteiger partial charge in [-0.1, -0.05) is 15.9 Å². The second-order valence-electron chi connectivity index (χ2n) is 3.79. The lowest BCUT2D eigenvalue weighted by atomic mass is 10.2. The number of benzene rings is 1. The number of amides is 1. The highest BCUT2D eigenvalue weighted by molar-refractivity contribution is 9.10. The van der Waals surface area contributed by atoms with Crippen LogP contribution < -0.4 is 11.1 Å². The van der Waals surface area contributed by atoms with E-state index in [-0.39, 0.29) is 5.91 Å². The number of halogens is 1. The first-order valence-electron chi connectivity index (χ1n) is 5.41. The van der Waals surface area contributed by atoms with Gasteiger partial charge in [0.25, 0.3) is 0 Å². The molecule has 1 aromatic rings. The maximum absolute atomic E-state index is 11.4. The van der Waals surface area contributed by atoms with E-state index in [0.717, 1.165) is 9.37 Å². The van der Waals surface area contributed by atoms with Crippen molar-refractivity contribution in [2.24, 2.45) is 5.73 Å². The molecule has 0 aliphatic carbocycles. The summed E-state index contributed by atoms with van der Waals surface area (Å²) in [6.45, 7) is 5.11. The zero-order valence-corrected chi connectivity index (χ0v) is 12.5. The van der Waals surface area contributed by atoms with Crippen LogP contribution in [-0.2, 0) is 4.79 Å². The molecule has 0 bridgehead atoms. The van der Waals surface area contributed by atoms with Crippen molar-refractivity contribution in [3.05, 3.63) is 27.7 Å². The maximum Gasteiger partial charge on any atom is 0.230 e. The minimum absolute atomic E-state index is 0.0282. The molecule has 0 aliphatic rings. The second kappa shape index (κ2) is 7.03. The van der Waals surface area contributed by atoms with Crippen LogP contribution in [0.25, 0.3) is 0 Å². The minimum Gasteiger partial charge on any atom is -0.354 e. The zero-order valence-electron chi connectivity index (χ0n) is 10.0. The van der Waals surface area contributed by atoms with E-state index < -0.39 is 0 Å². The van der Waals surface area contributed by atoms with Gasteiger partial charge >= 0.3 is 0 Å². The van der Waals surface area contributed by atoms with Crippen LogP contribution in [0.1, 0.15) is 11.1 Å². The average molecular weight is 317 g/mol. The predicted molar refractivity (Wildman–Crippen MR) is 76.4 cm³/mol. The summed E-state index contributed by atoms with van der Waals surface area (Å²) in [5, 5.41) is 2.75. The van der Waals surface area contributed by atoms with Crippen LogP contribution in [0.4, 0.5) is 0 Å². The monoisotopic (exact) mass is 316 g/mol. The van der Waals surface area contributed by atoms with E-state index in [1.165, 1.54) is 11.1 Å². The van der Waals surface area contributed by atoms with Gasteiger partial charge in [-0.2, -0.15) is 0 Å². The highest BCUT2D eigenvalue weighted by atomic mass is 79.9. The Labute approximate surface area is 115 Å². The van der Waals surface area contributed by atoms with Gasteiger partial charge in [-0.3, -0.25) is 4.79 Å². The van der Waals surface area contributed by atoms with E-state index in [2.05, 4.69) is 33.4 Å². The molecule has 1 aromatic carbocycles. The Morgan fingerprint density at radius 1 is 1.41 bits per heavy atom. The number of hydrogen-bond acceptors (Lipinski definition) is 3. The highest BCUT2D eigenvalue weighted by Crippen LogP contribution is 2.28. The van der Waals surface area contributed by atoms with Crippen molar-refractivity contribution < 1.29 is 4.79 Å². The van der Waals surface area contributed by atoms with Crippen molar-refractivity contribution in [1.29, 1.82) is 0 Å². The molecule has 0 unspecified atom stereocenters. The van der Waals surface area contributed by atoms with Gasteiger partial charge in [0.1, 0.15) is 0 Å². The SMILES string of the molecule is Cc1cc(SCC(=O)NCCN)c(C)cc1Br. The van der Waals surface area contributed by atoms with Crippen LogP contribution in [-0.4, -0.2) is 24.7 Å². The van der Waals surface area contributed by atoms with Gasteiger partial charge in [0.05, 0.1) is 5.75 Å². The largest absolute Gasteiger partial charge is 0.354 e. The van der Waals surface area contributed by atoms with E-state index in [1.54, 1.807) is 11.8 Å². The third kappa shape index (κ3) is 4.69. The van der Waals surface area contributed by atoms with Crippen molar-refractivity contribution >= 4 is 33.6 Å². The highest BCUT2D eigenvalue weighted by Gasteiger charge is 2.06. The molecule has 5 heteroatoms. The first-order valence-corrected chi connectivity index (χ1v) is 7.18. The summed E-state index contributed by atoms with van der Waals surface area (Å²) in [5.74, 6) is 0.461. The number of hydrogen-bond donors (Lipinski definition) is 2. The van der Waals surface area contributed by atoms with Crippen LogP contribution in [0.15, 0.2) is 21.5 Å². The van der Waals surface area contributed by atoms with Gasteiger partial charge in [0, 0.05) is 22.5 Å². The molecule has 1 amide bonds. The number of rotatable bonds is 5. The molecule has 1 rings (SSSR count). The van der Waals surface area contributed by atoms with Crippen molar-refractivity contribution in [3.63, 3.8) is 0 Å². The first-order chi connectivity index (χ1) is 8.04. The number of carbonyl (C=O) groups is 1. The lowest BCUT2D eigenvalue weighted by Gasteiger charge is -2.08. The zero-order chi connectivity index (χ0) is 12.8. The van der Waals surface area contributed by atoms with Gasteiger partial charge in [-0.25, -0.2) is 0 Å². The van der Waals surface area contributed by atoms with Crippen molar-refractivity contribution in [2.45, 2.75) is 18.7 Å². The molecule has 0 heterocycles. The Kier molecular flexibility index (Phi) is 6.02. The molecule has 0 radical (unpaired) electrons. The minimum atomic E-state index is 0.0282. The Bertz CT molecular complexity index is 410. The molecule has 0 saturated heterocycles.